The summed E-state index contributed by atoms with van der Waals surface area (Å²) >= 11 is 0. The van der Waals surface area contributed by atoms with Crippen LogP contribution in [0.15, 0.2) is 54.6 Å². The zero-order chi connectivity index (χ0) is 21.9. The summed E-state index contributed by atoms with van der Waals surface area (Å²) in [5, 5.41) is 12.4. The molecule has 1 saturated heterocycles. The van der Waals surface area contributed by atoms with Crippen molar-refractivity contribution in [1.29, 1.82) is 0 Å². The van der Waals surface area contributed by atoms with Gasteiger partial charge in [-0.05, 0) is 73.2 Å². The fourth-order valence-electron chi connectivity index (χ4n) is 4.85. The zero-order valence-corrected chi connectivity index (χ0v) is 18.6. The highest BCUT2D eigenvalue weighted by atomic mass is 19.1. The normalized spacial score (nSPS) is 17.2. The predicted molar refractivity (Wildman–Crippen MR) is 126 cm³/mol. The molecule has 0 aliphatic carbocycles. The average molecular weight is 432 g/mol. The molecule has 166 valence electrons. The summed E-state index contributed by atoms with van der Waals surface area (Å²) in [4.78, 5) is 4.73. The number of benzene rings is 2. The maximum absolute atomic E-state index is 13.5. The first-order valence-electron chi connectivity index (χ1n) is 11.5. The van der Waals surface area contributed by atoms with Gasteiger partial charge >= 0.3 is 0 Å². The van der Waals surface area contributed by atoms with E-state index in [1.165, 1.54) is 22.9 Å². The number of nitrogens with one attached hydrogen (secondary N) is 1. The second kappa shape index (κ2) is 9.25. The molecule has 0 unspecified atom stereocenters. The number of aryl methyl sites for hydroxylation is 1. The lowest BCUT2D eigenvalue weighted by molar-refractivity contribution is 0.211. The number of hydrogen-bond acceptors (Lipinski definition) is 5. The van der Waals surface area contributed by atoms with Crippen LogP contribution in [0.1, 0.15) is 35.2 Å². The van der Waals surface area contributed by atoms with Crippen molar-refractivity contribution in [3.63, 3.8) is 0 Å². The molecule has 1 fully saturated rings. The molecule has 2 aliphatic heterocycles. The fraction of sp³-hybridized carbons (Fsp3) is 0.385. The van der Waals surface area contributed by atoms with E-state index in [0.717, 1.165) is 69.1 Å². The molecule has 1 aromatic heterocycles. The van der Waals surface area contributed by atoms with Gasteiger partial charge in [-0.1, -0.05) is 24.3 Å². The van der Waals surface area contributed by atoms with E-state index < -0.39 is 0 Å². The van der Waals surface area contributed by atoms with E-state index in [1.807, 2.05) is 19.1 Å². The van der Waals surface area contributed by atoms with Crippen LogP contribution in [0.5, 0.6) is 0 Å². The third kappa shape index (κ3) is 4.75. The highest BCUT2D eigenvalue weighted by molar-refractivity contribution is 5.58. The molecule has 0 bridgehead atoms. The standard InChI is InChI=1S/C26H30FN5/c1-19-8-9-26(30-29-19)32-15-12-24-21(18-32)5-3-7-25(24)28-23-10-13-31(14-11-23)17-20-4-2-6-22(27)16-20/h2-9,16,23,28H,10-15,17-18H2,1H3. The van der Waals surface area contributed by atoms with E-state index in [4.69, 9.17) is 0 Å². The van der Waals surface area contributed by atoms with E-state index in [0.29, 0.717) is 6.04 Å². The summed E-state index contributed by atoms with van der Waals surface area (Å²) in [6.07, 6.45) is 3.21. The largest absolute Gasteiger partial charge is 0.382 e. The number of halogens is 1. The molecule has 6 heteroatoms. The third-order valence-corrected chi connectivity index (χ3v) is 6.62. The molecular weight excluding hydrogens is 401 g/mol. The van der Waals surface area contributed by atoms with Gasteiger partial charge in [0.1, 0.15) is 5.82 Å². The van der Waals surface area contributed by atoms with Gasteiger partial charge in [0.2, 0.25) is 0 Å². The van der Waals surface area contributed by atoms with E-state index in [-0.39, 0.29) is 5.82 Å². The van der Waals surface area contributed by atoms with Crippen molar-refractivity contribution < 1.29 is 4.39 Å². The molecule has 1 N–H and O–H groups in total. The summed E-state index contributed by atoms with van der Waals surface area (Å²) in [5.41, 5.74) is 6.08. The van der Waals surface area contributed by atoms with Crippen LogP contribution in [0.3, 0.4) is 0 Å². The fourth-order valence-corrected chi connectivity index (χ4v) is 4.85. The molecule has 0 spiro atoms. The summed E-state index contributed by atoms with van der Waals surface area (Å²) in [5.74, 6) is 0.797. The Kier molecular flexibility index (Phi) is 6.04. The zero-order valence-electron chi connectivity index (χ0n) is 18.6. The van der Waals surface area contributed by atoms with Crippen molar-refractivity contribution in [2.24, 2.45) is 0 Å². The molecule has 0 radical (unpaired) electrons. The number of rotatable bonds is 5. The van der Waals surface area contributed by atoms with Gasteiger partial charge in [0.25, 0.3) is 0 Å². The second-order valence-corrected chi connectivity index (χ2v) is 8.97. The Morgan fingerprint density at radius 1 is 1.00 bits per heavy atom. The molecule has 0 saturated carbocycles. The van der Waals surface area contributed by atoms with Crippen molar-refractivity contribution in [3.8, 4) is 0 Å². The molecule has 2 aliphatic rings. The van der Waals surface area contributed by atoms with Crippen LogP contribution < -0.4 is 10.2 Å². The van der Waals surface area contributed by atoms with Gasteiger partial charge in [-0.3, -0.25) is 4.90 Å². The smallest absolute Gasteiger partial charge is 0.151 e. The Labute approximate surface area is 189 Å². The predicted octanol–water partition coefficient (Wildman–Crippen LogP) is 4.56. The average Bonchev–Trinajstić information content (AvgIpc) is 2.81. The van der Waals surface area contributed by atoms with Crippen LogP contribution in [0.25, 0.3) is 0 Å². The minimum atomic E-state index is -0.152. The summed E-state index contributed by atoms with van der Waals surface area (Å²) in [6, 6.07) is 18.1. The molecule has 5 nitrogen and oxygen atoms in total. The van der Waals surface area contributed by atoms with Crippen LogP contribution in [0, 0.1) is 12.7 Å². The van der Waals surface area contributed by atoms with Crippen LogP contribution in [-0.2, 0) is 19.5 Å². The molecule has 0 amide bonds. The van der Waals surface area contributed by atoms with E-state index in [2.05, 4.69) is 49.6 Å². The third-order valence-electron chi connectivity index (χ3n) is 6.62. The number of nitrogens with zero attached hydrogens (tertiary/aromatic N) is 4. The van der Waals surface area contributed by atoms with Crippen molar-refractivity contribution in [1.82, 2.24) is 15.1 Å². The van der Waals surface area contributed by atoms with Gasteiger partial charge in [-0.15, -0.1) is 5.10 Å². The Bertz CT molecular complexity index is 1060. The summed E-state index contributed by atoms with van der Waals surface area (Å²) in [6.45, 7) is 6.67. The first-order chi connectivity index (χ1) is 15.6. The first-order valence-corrected chi connectivity index (χ1v) is 11.5. The minimum absolute atomic E-state index is 0.152. The Morgan fingerprint density at radius 3 is 2.62 bits per heavy atom. The summed E-state index contributed by atoms with van der Waals surface area (Å²) in [7, 11) is 0. The maximum atomic E-state index is 13.5. The highest BCUT2D eigenvalue weighted by Gasteiger charge is 2.23. The van der Waals surface area contributed by atoms with Gasteiger partial charge in [0, 0.05) is 44.5 Å². The van der Waals surface area contributed by atoms with Crippen molar-refractivity contribution in [2.45, 2.75) is 45.3 Å². The van der Waals surface area contributed by atoms with Gasteiger partial charge in [-0.25, -0.2) is 4.39 Å². The molecule has 32 heavy (non-hydrogen) atoms. The lowest BCUT2D eigenvalue weighted by Crippen LogP contribution is -2.39. The molecule has 3 heterocycles. The van der Waals surface area contributed by atoms with E-state index >= 15 is 0 Å². The lowest BCUT2D eigenvalue weighted by atomic mass is 9.96. The molecule has 0 atom stereocenters. The minimum Gasteiger partial charge on any atom is -0.382 e. The van der Waals surface area contributed by atoms with Crippen LogP contribution >= 0.6 is 0 Å². The molecular formula is C26H30FN5. The number of aromatic nitrogens is 2. The second-order valence-electron chi connectivity index (χ2n) is 8.97. The van der Waals surface area contributed by atoms with Crippen LogP contribution in [0.4, 0.5) is 15.9 Å². The maximum Gasteiger partial charge on any atom is 0.151 e. The van der Waals surface area contributed by atoms with Crippen molar-refractivity contribution in [2.75, 3.05) is 29.9 Å². The van der Waals surface area contributed by atoms with E-state index in [9.17, 15) is 4.39 Å². The Hall–Kier alpha value is -2.99. The molecule has 3 aromatic rings. The number of anilines is 2. The summed E-state index contributed by atoms with van der Waals surface area (Å²) < 4.78 is 13.5. The van der Waals surface area contributed by atoms with Gasteiger partial charge < -0.3 is 10.2 Å². The highest BCUT2D eigenvalue weighted by Crippen LogP contribution is 2.30. The van der Waals surface area contributed by atoms with Crippen LogP contribution in [-0.4, -0.2) is 40.8 Å². The van der Waals surface area contributed by atoms with Crippen LogP contribution in [0.2, 0.25) is 0 Å². The van der Waals surface area contributed by atoms with Gasteiger partial charge in [0.05, 0.1) is 5.69 Å². The SMILES string of the molecule is Cc1ccc(N2CCc3c(cccc3NC3CCN(Cc4cccc(F)c4)CC3)C2)nn1. The number of fused-ring (bicyclic) bond motifs is 1. The topological polar surface area (TPSA) is 44.3 Å². The van der Waals surface area contributed by atoms with Gasteiger partial charge in [0.15, 0.2) is 5.82 Å². The quantitative estimate of drug-likeness (QED) is 0.641. The first kappa shape index (κ1) is 20.9. The van der Waals surface area contributed by atoms with Crippen molar-refractivity contribution >= 4 is 11.5 Å². The van der Waals surface area contributed by atoms with E-state index in [1.54, 1.807) is 12.1 Å². The Balaban J connectivity index is 1.19. The van der Waals surface area contributed by atoms with Gasteiger partial charge in [-0.2, -0.15) is 5.10 Å². The molecule has 5 rings (SSSR count). The Morgan fingerprint density at radius 2 is 1.84 bits per heavy atom. The lowest BCUT2D eigenvalue weighted by Gasteiger charge is -2.35. The monoisotopic (exact) mass is 431 g/mol. The van der Waals surface area contributed by atoms with Crippen molar-refractivity contribution in [3.05, 3.63) is 82.8 Å². The number of piperidine rings is 1. The number of hydrogen-bond donors (Lipinski definition) is 1. The molecule has 2 aromatic carbocycles. The number of likely N-dealkylation sites (tertiary alicyclic amines) is 1.